The number of alkyl halides is 5. The molecule has 0 aliphatic carbocycles. The molecule has 7 nitrogen and oxygen atoms in total. The van der Waals surface area contributed by atoms with Crippen molar-refractivity contribution in [2.75, 3.05) is 49.9 Å². The fraction of sp³-hybridized carbons (Fsp3) is 1.00. The molecule has 1 heterocycles. The summed E-state index contributed by atoms with van der Waals surface area (Å²) in [5.74, 6) is 1.44. The topological polar surface area (TPSA) is 144 Å². The molecule has 1 fully saturated rings. The molecule has 16 heteroatoms. The zero-order valence-corrected chi connectivity index (χ0v) is 27.5. The van der Waals surface area contributed by atoms with E-state index in [1.54, 1.807) is 0 Å². The van der Waals surface area contributed by atoms with Crippen molar-refractivity contribution in [3.05, 3.63) is 0 Å². The van der Waals surface area contributed by atoms with Crippen molar-refractivity contribution >= 4 is 119 Å². The van der Waals surface area contributed by atoms with E-state index >= 15 is 0 Å². The molecule has 2 unspecified atom stereocenters. The minimum Gasteiger partial charge on any atom is -0.870 e. The maximum atomic E-state index is 8.40. The molecule has 1 saturated heterocycles. The van der Waals surface area contributed by atoms with Gasteiger partial charge in [-0.3, -0.25) is 0 Å². The van der Waals surface area contributed by atoms with E-state index in [1.807, 2.05) is 0 Å². The van der Waals surface area contributed by atoms with Crippen LogP contribution in [-0.2, 0) is 4.74 Å². The molecule has 0 aromatic heterocycles. The molecule has 174 valence electrons. The van der Waals surface area contributed by atoms with Crippen LogP contribution in [0.15, 0.2) is 0 Å². The van der Waals surface area contributed by atoms with Gasteiger partial charge in [0.1, 0.15) is 6.10 Å². The Morgan fingerprint density at radius 2 is 1.21 bits per heavy atom. The summed E-state index contributed by atoms with van der Waals surface area (Å²) in [6.45, 7) is 0.113. The Morgan fingerprint density at radius 3 is 1.21 bits per heavy atom. The average molecular weight is 864 g/mol. The predicted molar refractivity (Wildman–Crippen MR) is 141 cm³/mol. The quantitative estimate of drug-likeness (QED) is 0.104. The Balaban J connectivity index is -0.0000000394. The normalized spacial score (nSPS) is 13.7. The zero-order valence-electron chi connectivity index (χ0n) is 15.1. The molecule has 1 rings (SSSR count). The van der Waals surface area contributed by atoms with Gasteiger partial charge < -0.3 is 35.7 Å². The van der Waals surface area contributed by atoms with Gasteiger partial charge in [0.15, 0.2) is 0 Å². The summed E-state index contributed by atoms with van der Waals surface area (Å²) < 4.78 is 4.73. The van der Waals surface area contributed by atoms with Crippen LogP contribution < -0.4 is 29.6 Å². The van der Waals surface area contributed by atoms with Gasteiger partial charge in [-0.2, -0.15) is 0 Å². The van der Waals surface area contributed by atoms with Gasteiger partial charge in [0, 0.05) is 54.9 Å². The van der Waals surface area contributed by atoms with Crippen molar-refractivity contribution in [1.29, 1.82) is 0 Å². The van der Waals surface area contributed by atoms with Crippen molar-refractivity contribution in [2.24, 2.45) is 0 Å². The third-order valence-corrected chi connectivity index (χ3v) is 3.60. The van der Waals surface area contributed by atoms with Crippen LogP contribution >= 0.6 is 119 Å². The first-order valence-corrected chi connectivity index (χ1v) is 15.5. The number of hydrogen-bond acceptors (Lipinski definition) is 7. The third kappa shape index (κ3) is 57.4. The molecule has 0 radical (unpaired) electrons. The minimum absolute atomic E-state index is 0. The number of ether oxygens (including phenoxy) is 1. The molecule has 2 atom stereocenters. The third-order valence-electron chi connectivity index (χ3n) is 1.72. The second kappa shape index (κ2) is 44.9. The van der Waals surface area contributed by atoms with Gasteiger partial charge in [-0.25, -0.2) is 0 Å². The van der Waals surface area contributed by atoms with Gasteiger partial charge in [-0.05, 0) is 0 Å². The fourth-order valence-electron chi connectivity index (χ4n) is 0.305. The monoisotopic (exact) mass is 862 g/mol. The van der Waals surface area contributed by atoms with E-state index in [9.17, 15) is 0 Å². The maximum absolute atomic E-state index is 8.40. The molecular formula is C12H27Cl5I3NaO7. The molecule has 28 heavy (non-hydrogen) atoms. The van der Waals surface area contributed by atoms with Gasteiger partial charge in [0.05, 0.1) is 49.9 Å². The van der Waals surface area contributed by atoms with E-state index in [1.165, 1.54) is 0 Å². The number of hydrogen-bond donors (Lipinski definition) is 5. The van der Waals surface area contributed by atoms with E-state index in [2.05, 4.69) is 37.2 Å². The number of halogens is 8. The fourth-order valence-corrected chi connectivity index (χ4v) is 0.911. The van der Waals surface area contributed by atoms with Gasteiger partial charge >= 0.3 is 29.6 Å². The Labute approximate surface area is 254 Å². The van der Waals surface area contributed by atoms with Gasteiger partial charge in [-0.15, -0.1) is 82.0 Å². The molecule has 1 aliphatic rings. The molecule has 0 amide bonds. The van der Waals surface area contributed by atoms with E-state index in [4.69, 9.17) is 88.3 Å². The van der Waals surface area contributed by atoms with E-state index < -0.39 is 12.2 Å². The Kier molecular flexibility index (Phi) is 79.4. The molecule has 1 aliphatic heterocycles. The molecular weight excluding hydrogens is 837 g/mol. The predicted octanol–water partition coefficient (Wildman–Crippen LogP) is -0.178. The van der Waals surface area contributed by atoms with Crippen molar-refractivity contribution in [1.82, 2.24) is 0 Å². The zero-order chi connectivity index (χ0) is 20.7. The van der Waals surface area contributed by atoms with Crippen molar-refractivity contribution in [3.63, 3.8) is 0 Å². The first-order valence-electron chi connectivity index (χ1n) is 6.69. The van der Waals surface area contributed by atoms with Crippen LogP contribution in [0, 0.1) is 0 Å². The largest absolute Gasteiger partial charge is 1.00 e. The minimum atomic E-state index is -0.954. The van der Waals surface area contributed by atoms with Crippen LogP contribution in [0.25, 0.3) is 0 Å². The summed E-state index contributed by atoms with van der Waals surface area (Å²) in [4.78, 5) is 0. The molecule has 0 aromatic carbocycles. The smallest absolute Gasteiger partial charge is 0.870 e. The second-order valence-corrected chi connectivity index (χ2v) is 5.88. The number of rotatable bonds is 7. The van der Waals surface area contributed by atoms with Gasteiger partial charge in [-0.1, -0.05) is 0 Å². The summed E-state index contributed by atoms with van der Waals surface area (Å²) >= 11 is 30.2. The molecule has 6 N–H and O–H groups in total. The van der Waals surface area contributed by atoms with E-state index in [0.717, 1.165) is 6.61 Å². The van der Waals surface area contributed by atoms with Crippen molar-refractivity contribution in [2.45, 2.75) is 23.7 Å². The molecule has 0 spiro atoms. The summed E-state index contributed by atoms with van der Waals surface area (Å²) in [5, 5.41) is 40.3. The van der Waals surface area contributed by atoms with Crippen LogP contribution in [0.5, 0.6) is 0 Å². The van der Waals surface area contributed by atoms with Crippen molar-refractivity contribution in [3.8, 4) is 0 Å². The number of epoxide rings is 1. The van der Waals surface area contributed by atoms with Crippen LogP contribution in [-0.4, -0.2) is 105 Å². The molecule has 0 bridgehead atoms. The van der Waals surface area contributed by atoms with E-state index in [-0.39, 0.29) is 96.0 Å². The first kappa shape index (κ1) is 49.5. The molecule has 0 aromatic rings. The van der Waals surface area contributed by atoms with Crippen molar-refractivity contribution < 1.29 is 65.3 Å². The molecule has 0 saturated carbocycles. The van der Waals surface area contributed by atoms with Crippen LogP contribution in [0.3, 0.4) is 0 Å². The van der Waals surface area contributed by atoms with E-state index in [0.29, 0.717) is 17.9 Å². The Bertz CT molecular complexity index is 200. The SMILES string of the molecule is ClCC1CO1.I.II.OC(CCl)CCl.OCC(Cl)CCl.OCC(O)CO.[Na+].[OH-]. The summed E-state index contributed by atoms with van der Waals surface area (Å²) in [7, 11) is 0. The Hall–Kier alpha value is 4.36. The van der Waals surface area contributed by atoms with Gasteiger partial charge in [0.2, 0.25) is 0 Å². The van der Waals surface area contributed by atoms with Crippen LogP contribution in [0.4, 0.5) is 0 Å². The standard InChI is InChI=1S/2C3H6Cl2O.C3H5ClO.C3H8O3.I2.HI.Na.H2O/c4-1-3(5)2-6;4-1-3(6)2-5;4-1-3-2-5-3;4-1-3(6)2-5;1-2;;;/h2*3,6H,1-2H2;3H,1-2H2;3-6H,1-2H2;;1H;;1H2/q;;;;;;+1;/p-1. The summed E-state index contributed by atoms with van der Waals surface area (Å²) in [6.07, 6.45) is -1.09. The second-order valence-electron chi connectivity index (χ2n) is 4.03. The van der Waals surface area contributed by atoms with Gasteiger partial charge in [0.25, 0.3) is 0 Å². The average Bonchev–Trinajstić information content (AvgIpc) is 3.53. The first-order chi connectivity index (χ1) is 11.9. The summed E-state index contributed by atoms with van der Waals surface area (Å²) in [5.41, 5.74) is 0. The number of aliphatic hydroxyl groups is 5. The maximum Gasteiger partial charge on any atom is 1.00 e. The van der Waals surface area contributed by atoms with Crippen LogP contribution in [0.1, 0.15) is 0 Å². The number of aliphatic hydroxyl groups excluding tert-OH is 5. The summed E-state index contributed by atoms with van der Waals surface area (Å²) in [6, 6.07) is 0. The Morgan fingerprint density at radius 1 is 0.857 bits per heavy atom. The van der Waals surface area contributed by atoms with Crippen LogP contribution in [0.2, 0.25) is 0 Å².